The quantitative estimate of drug-likeness (QED) is 0.524. The molecule has 5 rings (SSSR count). The summed E-state index contributed by atoms with van der Waals surface area (Å²) < 4.78 is 43.8. The van der Waals surface area contributed by atoms with Crippen LogP contribution in [0.3, 0.4) is 0 Å². The van der Waals surface area contributed by atoms with Crippen molar-refractivity contribution < 1.29 is 22.7 Å². The van der Waals surface area contributed by atoms with E-state index >= 15 is 0 Å². The summed E-state index contributed by atoms with van der Waals surface area (Å²) in [6.07, 6.45) is 2.20. The number of aryl methyl sites for hydroxylation is 1. The third-order valence-corrected chi connectivity index (χ3v) is 7.10. The van der Waals surface area contributed by atoms with E-state index in [4.69, 9.17) is 0 Å². The lowest BCUT2D eigenvalue weighted by Gasteiger charge is -2.28. The summed E-state index contributed by atoms with van der Waals surface area (Å²) in [5.74, 6) is 0.797. The van der Waals surface area contributed by atoms with Crippen LogP contribution in [-0.2, 0) is 13.6 Å². The zero-order chi connectivity index (χ0) is 24.7. The lowest BCUT2D eigenvalue weighted by Crippen LogP contribution is -2.35. The number of H-pyrrole nitrogens is 1. The molecule has 2 fully saturated rings. The number of carbonyl (C=O) groups excluding carboxylic acids is 1. The van der Waals surface area contributed by atoms with Crippen molar-refractivity contribution in [1.82, 2.24) is 29.5 Å². The number of amides is 1. The molecule has 0 bridgehead atoms. The second kappa shape index (κ2) is 9.03. The van der Waals surface area contributed by atoms with E-state index < -0.39 is 6.36 Å². The number of hydrogen-bond acceptors (Lipinski definition) is 5. The second-order valence-electron chi connectivity index (χ2n) is 9.46. The van der Waals surface area contributed by atoms with Crippen LogP contribution < -0.4 is 4.74 Å². The predicted octanol–water partition coefficient (Wildman–Crippen LogP) is 3.62. The Morgan fingerprint density at radius 3 is 2.71 bits per heavy atom. The zero-order valence-corrected chi connectivity index (χ0v) is 19.4. The van der Waals surface area contributed by atoms with E-state index in [1.165, 1.54) is 18.2 Å². The van der Waals surface area contributed by atoms with Gasteiger partial charge in [0.25, 0.3) is 5.91 Å². The van der Waals surface area contributed by atoms with Gasteiger partial charge in [-0.3, -0.25) is 14.8 Å². The molecule has 0 spiro atoms. The maximum absolute atomic E-state index is 13.3. The van der Waals surface area contributed by atoms with Crippen molar-refractivity contribution in [3.63, 3.8) is 0 Å². The molecule has 1 aromatic carbocycles. The number of alkyl halides is 3. The Morgan fingerprint density at radius 1 is 1.31 bits per heavy atom. The fourth-order valence-electron chi connectivity index (χ4n) is 5.19. The minimum atomic E-state index is -4.77. The highest BCUT2D eigenvalue weighted by molar-refractivity contribution is 5.92. The highest BCUT2D eigenvalue weighted by Crippen LogP contribution is 2.53. The van der Waals surface area contributed by atoms with E-state index in [-0.39, 0.29) is 24.2 Å². The number of imidazole rings is 1. The van der Waals surface area contributed by atoms with Crippen molar-refractivity contribution in [3.05, 3.63) is 66.0 Å². The Balaban J connectivity index is 1.28. The normalized spacial score (nSPS) is 22.6. The maximum Gasteiger partial charge on any atom is 0.573 e. The largest absolute Gasteiger partial charge is 0.573 e. The number of aromatic amines is 1. The van der Waals surface area contributed by atoms with Gasteiger partial charge in [-0.25, -0.2) is 4.98 Å². The average Bonchev–Trinajstić information content (AvgIpc) is 3.33. The van der Waals surface area contributed by atoms with Gasteiger partial charge in [0.1, 0.15) is 11.4 Å². The Morgan fingerprint density at radius 2 is 2.09 bits per heavy atom. The van der Waals surface area contributed by atoms with Gasteiger partial charge in [-0.1, -0.05) is 12.1 Å². The highest BCUT2D eigenvalue weighted by atomic mass is 19.4. The zero-order valence-electron chi connectivity index (χ0n) is 19.4. The van der Waals surface area contributed by atoms with Crippen LogP contribution in [0.15, 0.2) is 49.2 Å². The van der Waals surface area contributed by atoms with E-state index in [2.05, 4.69) is 31.7 Å². The molecule has 3 aromatic rings. The number of likely N-dealkylation sites (tertiary alicyclic amines) is 1. The fourth-order valence-corrected chi connectivity index (χ4v) is 5.19. The number of halogens is 3. The minimum Gasteiger partial charge on any atom is -0.406 e. The van der Waals surface area contributed by atoms with Crippen LogP contribution in [0.4, 0.5) is 13.2 Å². The van der Waals surface area contributed by atoms with Gasteiger partial charge >= 0.3 is 6.36 Å². The molecule has 1 saturated heterocycles. The van der Waals surface area contributed by atoms with Crippen LogP contribution in [0.5, 0.6) is 5.75 Å². The van der Waals surface area contributed by atoms with E-state index in [0.29, 0.717) is 35.6 Å². The molecule has 3 atom stereocenters. The average molecular weight is 489 g/mol. The number of benzene rings is 1. The van der Waals surface area contributed by atoms with Crippen LogP contribution in [0.1, 0.15) is 34.6 Å². The van der Waals surface area contributed by atoms with Gasteiger partial charge in [0.05, 0.1) is 12.5 Å². The summed E-state index contributed by atoms with van der Waals surface area (Å²) in [7, 11) is 1.78. The third-order valence-electron chi connectivity index (χ3n) is 7.10. The van der Waals surface area contributed by atoms with Gasteiger partial charge in [-0.05, 0) is 42.4 Å². The standard InChI is InChI=1S/C24H27F3N6O2/c1-15(17-7-29-30-8-17)32-10-19-20(11-32)21(19)12-33(23(34)22-13-31(2)14-28-22)9-16-4-3-5-18(6-16)35-24(25,26)27/h3-8,13-15,19-21H,9-12H2,1-2H3,(H,29,30). The Kier molecular flexibility index (Phi) is 6.04. The third kappa shape index (κ3) is 5.19. The van der Waals surface area contributed by atoms with Crippen LogP contribution in [0.25, 0.3) is 0 Å². The van der Waals surface area contributed by atoms with Crippen LogP contribution in [0, 0.1) is 17.8 Å². The number of ether oxygens (including phenoxy) is 1. The highest BCUT2D eigenvalue weighted by Gasteiger charge is 2.56. The fraction of sp³-hybridized carbons (Fsp3) is 0.458. The van der Waals surface area contributed by atoms with Crippen LogP contribution in [-0.4, -0.2) is 61.5 Å². The number of fused-ring (bicyclic) bond motifs is 1. The summed E-state index contributed by atoms with van der Waals surface area (Å²) >= 11 is 0. The Bertz CT molecular complexity index is 1170. The first-order chi connectivity index (χ1) is 16.7. The van der Waals surface area contributed by atoms with Gasteiger partial charge in [0.2, 0.25) is 0 Å². The molecule has 1 aliphatic heterocycles. The molecule has 1 N–H and O–H groups in total. The Labute approximate surface area is 200 Å². The first kappa shape index (κ1) is 23.4. The van der Waals surface area contributed by atoms with Gasteiger partial charge in [0.15, 0.2) is 0 Å². The first-order valence-corrected chi connectivity index (χ1v) is 11.5. The number of aromatic nitrogens is 4. The molecule has 3 unspecified atom stereocenters. The molecule has 8 nitrogen and oxygen atoms in total. The lowest BCUT2D eigenvalue weighted by molar-refractivity contribution is -0.274. The smallest absolute Gasteiger partial charge is 0.406 e. The first-order valence-electron chi connectivity index (χ1n) is 11.5. The number of nitrogens with zero attached hydrogens (tertiary/aromatic N) is 5. The molecule has 11 heteroatoms. The van der Waals surface area contributed by atoms with Crippen molar-refractivity contribution in [2.45, 2.75) is 25.9 Å². The molecule has 3 heterocycles. The molecule has 0 radical (unpaired) electrons. The molecule has 186 valence electrons. The summed E-state index contributed by atoms with van der Waals surface area (Å²) in [5, 5.41) is 6.90. The topological polar surface area (TPSA) is 79.3 Å². The van der Waals surface area contributed by atoms with Crippen molar-refractivity contribution in [3.8, 4) is 5.75 Å². The van der Waals surface area contributed by atoms with Crippen molar-refractivity contribution in [2.75, 3.05) is 19.6 Å². The maximum atomic E-state index is 13.3. The van der Waals surface area contributed by atoms with E-state index in [1.54, 1.807) is 35.1 Å². The lowest BCUT2D eigenvalue weighted by atomic mass is 10.1. The molecule has 1 aliphatic carbocycles. The van der Waals surface area contributed by atoms with Crippen molar-refractivity contribution in [2.24, 2.45) is 24.8 Å². The van der Waals surface area contributed by atoms with Gasteiger partial charge in [-0.15, -0.1) is 13.2 Å². The predicted molar refractivity (Wildman–Crippen MR) is 120 cm³/mol. The number of nitrogens with one attached hydrogen (secondary N) is 1. The van der Waals surface area contributed by atoms with Gasteiger partial charge < -0.3 is 14.2 Å². The molecule has 1 saturated carbocycles. The number of carbonyl (C=O) groups is 1. The second-order valence-corrected chi connectivity index (χ2v) is 9.46. The van der Waals surface area contributed by atoms with E-state index in [9.17, 15) is 18.0 Å². The number of piperidine rings is 1. The van der Waals surface area contributed by atoms with E-state index in [0.717, 1.165) is 18.7 Å². The summed E-state index contributed by atoms with van der Waals surface area (Å²) in [6.45, 7) is 4.76. The summed E-state index contributed by atoms with van der Waals surface area (Å²) in [5.41, 5.74) is 2.03. The molecular weight excluding hydrogens is 461 g/mol. The van der Waals surface area contributed by atoms with Crippen molar-refractivity contribution in [1.29, 1.82) is 0 Å². The van der Waals surface area contributed by atoms with Crippen molar-refractivity contribution >= 4 is 5.91 Å². The molecule has 2 aromatic heterocycles. The summed E-state index contributed by atoms with van der Waals surface area (Å²) in [4.78, 5) is 21.6. The monoisotopic (exact) mass is 488 g/mol. The molecule has 35 heavy (non-hydrogen) atoms. The van der Waals surface area contributed by atoms with Crippen LogP contribution >= 0.6 is 0 Å². The number of rotatable bonds is 8. The summed E-state index contributed by atoms with van der Waals surface area (Å²) in [6, 6.07) is 6.05. The minimum absolute atomic E-state index is 0.176. The van der Waals surface area contributed by atoms with Crippen LogP contribution in [0.2, 0.25) is 0 Å². The Hall–Kier alpha value is -3.34. The molecule has 1 amide bonds. The molecule has 2 aliphatic rings. The van der Waals surface area contributed by atoms with Gasteiger partial charge in [0, 0.05) is 57.2 Å². The van der Waals surface area contributed by atoms with E-state index in [1.807, 2.05) is 12.4 Å². The SMILES string of the molecule is CC(c1cn[nH]c1)N1CC2C(CN(Cc3cccc(OC(F)(F)F)c3)C(=O)c3cn(C)cn3)C2C1. The molecular formula is C24H27F3N6O2. The number of hydrogen-bond donors (Lipinski definition) is 1. The van der Waals surface area contributed by atoms with Gasteiger partial charge in [-0.2, -0.15) is 5.10 Å².